The molecule has 0 saturated carbocycles. The van der Waals surface area contributed by atoms with Crippen molar-refractivity contribution in [3.63, 3.8) is 0 Å². The van der Waals surface area contributed by atoms with Crippen LogP contribution in [0.3, 0.4) is 0 Å². The van der Waals surface area contributed by atoms with Crippen LogP contribution in [0.15, 0.2) is 24.3 Å². The van der Waals surface area contributed by atoms with Gasteiger partial charge in [0, 0.05) is 13.0 Å². The van der Waals surface area contributed by atoms with Gasteiger partial charge in [0.15, 0.2) is 0 Å². The molecule has 6 heteroatoms. The normalized spacial score (nSPS) is 11.8. The summed E-state index contributed by atoms with van der Waals surface area (Å²) < 4.78 is 23.1. The summed E-state index contributed by atoms with van der Waals surface area (Å²) in [6.07, 6.45) is 0.0250. The minimum atomic E-state index is -0.940. The summed E-state index contributed by atoms with van der Waals surface area (Å²) in [7, 11) is 1.21. The van der Waals surface area contributed by atoms with Crippen LogP contribution in [-0.4, -0.2) is 38.2 Å². The molecule has 1 atom stereocenters. The number of hydrogen-bond acceptors (Lipinski definition) is 4. The topological polar surface area (TPSA) is 64.6 Å². The van der Waals surface area contributed by atoms with Gasteiger partial charge in [0.05, 0.1) is 7.11 Å². The van der Waals surface area contributed by atoms with Crippen molar-refractivity contribution in [2.24, 2.45) is 0 Å². The molecule has 110 valence electrons. The Kier molecular flexibility index (Phi) is 6.66. The van der Waals surface area contributed by atoms with Gasteiger partial charge in [-0.05, 0) is 18.6 Å². The quantitative estimate of drug-likeness (QED) is 0.760. The van der Waals surface area contributed by atoms with Crippen molar-refractivity contribution in [2.75, 3.05) is 20.3 Å². The Morgan fingerprint density at radius 2 is 2.05 bits per heavy atom. The number of ether oxygens (including phenoxy) is 2. The van der Waals surface area contributed by atoms with Crippen LogP contribution in [0.4, 0.5) is 4.39 Å². The second-order valence-electron chi connectivity index (χ2n) is 4.08. The van der Waals surface area contributed by atoms with Gasteiger partial charge in [-0.15, -0.1) is 0 Å². The van der Waals surface area contributed by atoms with Gasteiger partial charge in [-0.25, -0.2) is 9.18 Å². The fourth-order valence-electron chi connectivity index (χ4n) is 1.65. The van der Waals surface area contributed by atoms with Crippen molar-refractivity contribution >= 4 is 11.9 Å². The van der Waals surface area contributed by atoms with Crippen molar-refractivity contribution in [3.05, 3.63) is 35.6 Å². The standard InChI is InChI=1S/C14H18FNO4/c1-3-20-9-13(17)16-12(14(18)19-2)8-10-6-4-5-7-11(10)15/h4-7,12H,3,8-9H2,1-2H3,(H,16,17)/t12-/m0/s1. The lowest BCUT2D eigenvalue weighted by molar-refractivity contribution is -0.145. The number of rotatable bonds is 7. The first-order valence-electron chi connectivity index (χ1n) is 6.26. The number of hydrogen-bond donors (Lipinski definition) is 1. The SMILES string of the molecule is CCOCC(=O)N[C@@H](Cc1ccccc1F)C(=O)OC. The van der Waals surface area contributed by atoms with E-state index in [2.05, 4.69) is 10.1 Å². The highest BCUT2D eigenvalue weighted by Gasteiger charge is 2.23. The average molecular weight is 283 g/mol. The van der Waals surface area contributed by atoms with Crippen LogP contribution in [0.2, 0.25) is 0 Å². The zero-order chi connectivity index (χ0) is 15.0. The molecule has 0 spiro atoms. The van der Waals surface area contributed by atoms with E-state index in [0.29, 0.717) is 12.2 Å². The Morgan fingerprint density at radius 1 is 1.35 bits per heavy atom. The van der Waals surface area contributed by atoms with E-state index in [-0.39, 0.29) is 13.0 Å². The first-order chi connectivity index (χ1) is 9.58. The minimum Gasteiger partial charge on any atom is -0.467 e. The van der Waals surface area contributed by atoms with Gasteiger partial charge in [0.25, 0.3) is 0 Å². The number of carbonyl (C=O) groups is 2. The highest BCUT2D eigenvalue weighted by atomic mass is 19.1. The molecule has 5 nitrogen and oxygen atoms in total. The second-order valence-corrected chi connectivity index (χ2v) is 4.08. The molecule has 0 bridgehead atoms. The summed E-state index contributed by atoms with van der Waals surface area (Å²) in [6.45, 7) is 2.00. The van der Waals surface area contributed by atoms with Crippen molar-refractivity contribution in [1.29, 1.82) is 0 Å². The molecule has 0 fully saturated rings. The predicted molar refractivity (Wildman–Crippen MR) is 70.5 cm³/mol. The van der Waals surface area contributed by atoms with Gasteiger partial charge in [0.2, 0.25) is 5.91 Å². The van der Waals surface area contributed by atoms with Gasteiger partial charge in [-0.2, -0.15) is 0 Å². The number of amides is 1. The Labute approximate surface area is 117 Å². The Balaban J connectivity index is 2.72. The molecule has 0 heterocycles. The van der Waals surface area contributed by atoms with Crippen LogP contribution in [0, 0.1) is 5.82 Å². The Hall–Kier alpha value is -1.95. The largest absolute Gasteiger partial charge is 0.467 e. The summed E-state index contributed by atoms with van der Waals surface area (Å²) in [5.74, 6) is -1.50. The lowest BCUT2D eigenvalue weighted by Crippen LogP contribution is -2.44. The van der Waals surface area contributed by atoms with Crippen molar-refractivity contribution < 1.29 is 23.5 Å². The molecule has 0 aliphatic rings. The molecule has 1 rings (SSSR count). The molecule has 1 aromatic rings. The van der Waals surface area contributed by atoms with E-state index >= 15 is 0 Å². The summed E-state index contributed by atoms with van der Waals surface area (Å²) in [5, 5.41) is 2.47. The zero-order valence-electron chi connectivity index (χ0n) is 11.5. The molecule has 0 radical (unpaired) electrons. The third-order valence-corrected chi connectivity index (χ3v) is 2.64. The predicted octanol–water partition coefficient (Wildman–Crippen LogP) is 1.06. The molecule has 20 heavy (non-hydrogen) atoms. The van der Waals surface area contributed by atoms with E-state index in [0.717, 1.165) is 0 Å². The maximum Gasteiger partial charge on any atom is 0.328 e. The molecule has 0 aliphatic heterocycles. The first kappa shape index (κ1) is 16.1. The maximum absolute atomic E-state index is 13.6. The van der Waals surface area contributed by atoms with E-state index < -0.39 is 23.7 Å². The molecule has 0 unspecified atom stereocenters. The summed E-state index contributed by atoms with van der Waals surface area (Å²) in [5.41, 5.74) is 0.333. The van der Waals surface area contributed by atoms with Gasteiger partial charge in [0.1, 0.15) is 18.5 Å². The summed E-state index contributed by atoms with van der Waals surface area (Å²) >= 11 is 0. The first-order valence-corrected chi connectivity index (χ1v) is 6.26. The Morgan fingerprint density at radius 3 is 2.65 bits per heavy atom. The highest BCUT2D eigenvalue weighted by molar-refractivity contribution is 5.85. The minimum absolute atomic E-state index is 0.0250. The zero-order valence-corrected chi connectivity index (χ0v) is 11.5. The lowest BCUT2D eigenvalue weighted by atomic mass is 10.1. The van der Waals surface area contributed by atoms with Gasteiger partial charge in [-0.3, -0.25) is 4.79 Å². The number of methoxy groups -OCH3 is 1. The van der Waals surface area contributed by atoms with Gasteiger partial charge < -0.3 is 14.8 Å². The van der Waals surface area contributed by atoms with Crippen LogP contribution in [-0.2, 0) is 25.5 Å². The highest BCUT2D eigenvalue weighted by Crippen LogP contribution is 2.10. The number of esters is 1. The van der Waals surface area contributed by atoms with Crippen molar-refractivity contribution in [1.82, 2.24) is 5.32 Å². The second kappa shape index (κ2) is 8.27. The number of carbonyl (C=O) groups excluding carboxylic acids is 2. The van der Waals surface area contributed by atoms with Crippen LogP contribution < -0.4 is 5.32 Å². The van der Waals surface area contributed by atoms with Crippen molar-refractivity contribution in [3.8, 4) is 0 Å². The van der Waals surface area contributed by atoms with E-state index in [9.17, 15) is 14.0 Å². The Bertz CT molecular complexity index is 464. The number of nitrogens with one attached hydrogen (secondary N) is 1. The number of halogens is 1. The smallest absolute Gasteiger partial charge is 0.328 e. The number of benzene rings is 1. The molecule has 1 aromatic carbocycles. The van der Waals surface area contributed by atoms with Crippen LogP contribution >= 0.6 is 0 Å². The van der Waals surface area contributed by atoms with Gasteiger partial charge in [-0.1, -0.05) is 18.2 Å². The fourth-order valence-corrected chi connectivity index (χ4v) is 1.65. The monoisotopic (exact) mass is 283 g/mol. The fraction of sp³-hybridized carbons (Fsp3) is 0.429. The van der Waals surface area contributed by atoms with E-state index in [1.807, 2.05) is 0 Å². The third-order valence-electron chi connectivity index (χ3n) is 2.64. The van der Waals surface area contributed by atoms with Crippen LogP contribution in [0.1, 0.15) is 12.5 Å². The van der Waals surface area contributed by atoms with Crippen LogP contribution in [0.25, 0.3) is 0 Å². The average Bonchev–Trinajstić information content (AvgIpc) is 2.45. The molecule has 0 saturated heterocycles. The molecular weight excluding hydrogens is 265 g/mol. The van der Waals surface area contributed by atoms with E-state index in [1.165, 1.54) is 13.2 Å². The van der Waals surface area contributed by atoms with Gasteiger partial charge >= 0.3 is 5.97 Å². The summed E-state index contributed by atoms with van der Waals surface area (Å²) in [4.78, 5) is 23.2. The van der Waals surface area contributed by atoms with Crippen LogP contribution in [0.5, 0.6) is 0 Å². The maximum atomic E-state index is 13.6. The molecule has 0 aliphatic carbocycles. The third kappa shape index (κ3) is 4.97. The summed E-state index contributed by atoms with van der Waals surface area (Å²) in [6, 6.07) is 5.13. The molecule has 1 amide bonds. The molecular formula is C14H18FNO4. The molecule has 0 aromatic heterocycles. The lowest BCUT2D eigenvalue weighted by Gasteiger charge is -2.16. The van der Waals surface area contributed by atoms with E-state index in [4.69, 9.17) is 4.74 Å². The molecule has 1 N–H and O–H groups in total. The van der Waals surface area contributed by atoms with E-state index in [1.54, 1.807) is 25.1 Å². The van der Waals surface area contributed by atoms with Crippen molar-refractivity contribution in [2.45, 2.75) is 19.4 Å².